The van der Waals surface area contributed by atoms with Crippen molar-refractivity contribution < 1.29 is 19.1 Å². The van der Waals surface area contributed by atoms with E-state index in [9.17, 15) is 9.59 Å². The fourth-order valence-corrected chi connectivity index (χ4v) is 2.99. The monoisotopic (exact) mass is 491 g/mol. The molecule has 0 aliphatic heterocycles. The molecule has 2 aromatic rings. The number of hydrogen-bond acceptors (Lipinski definition) is 5. The van der Waals surface area contributed by atoms with Gasteiger partial charge in [-0.15, -0.1) is 6.42 Å². The van der Waals surface area contributed by atoms with Crippen molar-refractivity contribution in [3.05, 3.63) is 51.1 Å². The summed E-state index contributed by atoms with van der Waals surface area (Å²) in [4.78, 5) is 23.2. The third kappa shape index (κ3) is 5.99. The summed E-state index contributed by atoms with van der Waals surface area (Å²) in [6, 6.07) is 10.0. The molecule has 2 aromatic carbocycles. The molecule has 0 bridgehead atoms. The van der Waals surface area contributed by atoms with E-state index in [2.05, 4.69) is 44.4 Å². The number of nitrogens with zero attached hydrogens (tertiary/aromatic N) is 1. The number of terminal acetylenes is 1. The van der Waals surface area contributed by atoms with E-state index in [0.29, 0.717) is 22.7 Å². The third-order valence-electron chi connectivity index (χ3n) is 3.40. The number of anilines is 1. The highest BCUT2D eigenvalue weighted by atomic mass is 127. The van der Waals surface area contributed by atoms with Crippen LogP contribution in [0.4, 0.5) is 5.69 Å². The Morgan fingerprint density at radius 1 is 1.29 bits per heavy atom. The molecule has 28 heavy (non-hydrogen) atoms. The van der Waals surface area contributed by atoms with Crippen LogP contribution < -0.4 is 20.2 Å². The van der Waals surface area contributed by atoms with Gasteiger partial charge in [0.05, 0.1) is 16.9 Å². The van der Waals surface area contributed by atoms with E-state index >= 15 is 0 Å². The highest BCUT2D eigenvalue weighted by Gasteiger charge is 2.11. The number of hydrazone groups is 1. The van der Waals surface area contributed by atoms with Crippen molar-refractivity contribution in [2.24, 2.45) is 5.10 Å². The van der Waals surface area contributed by atoms with Gasteiger partial charge < -0.3 is 14.8 Å². The molecular formula is C20H18IN3O4. The lowest BCUT2D eigenvalue weighted by Gasteiger charge is -2.11. The maximum absolute atomic E-state index is 12.2. The molecular weight excluding hydrogens is 473 g/mol. The SMILES string of the molecule is C#CCOc1c(I)cc(C=NNC(=O)c2ccc(NC(C)=O)cc2)cc1OC. The minimum Gasteiger partial charge on any atom is -0.493 e. The number of amides is 2. The number of rotatable bonds is 7. The lowest BCUT2D eigenvalue weighted by Crippen LogP contribution is -2.17. The summed E-state index contributed by atoms with van der Waals surface area (Å²) in [5, 5.41) is 6.61. The highest BCUT2D eigenvalue weighted by Crippen LogP contribution is 2.33. The molecule has 7 nitrogen and oxygen atoms in total. The summed E-state index contributed by atoms with van der Waals surface area (Å²) in [5.74, 6) is 2.93. The normalized spacial score (nSPS) is 10.2. The van der Waals surface area contributed by atoms with Gasteiger partial charge in [0.15, 0.2) is 11.5 Å². The fourth-order valence-electron chi connectivity index (χ4n) is 2.21. The minimum atomic E-state index is -0.374. The standard InChI is InChI=1S/C20H18IN3O4/c1-4-9-28-19-17(21)10-14(11-18(19)27-3)12-22-24-20(26)15-5-7-16(8-6-15)23-13(2)25/h1,5-8,10-12H,9H2,2-3H3,(H,23,25)(H,24,26). The van der Waals surface area contributed by atoms with Gasteiger partial charge >= 0.3 is 0 Å². The number of nitrogens with one attached hydrogen (secondary N) is 2. The Labute approximate surface area is 176 Å². The van der Waals surface area contributed by atoms with Crippen LogP contribution >= 0.6 is 22.6 Å². The van der Waals surface area contributed by atoms with Crippen molar-refractivity contribution in [1.29, 1.82) is 0 Å². The zero-order valence-corrected chi connectivity index (χ0v) is 17.4. The molecule has 0 spiro atoms. The summed E-state index contributed by atoms with van der Waals surface area (Å²) < 4.78 is 11.6. The van der Waals surface area contributed by atoms with Crippen molar-refractivity contribution in [2.75, 3.05) is 19.0 Å². The number of carbonyl (C=O) groups excluding carboxylic acids is 2. The molecule has 2 amide bonds. The van der Waals surface area contributed by atoms with Crippen molar-refractivity contribution in [1.82, 2.24) is 5.43 Å². The van der Waals surface area contributed by atoms with E-state index in [1.54, 1.807) is 30.3 Å². The van der Waals surface area contributed by atoms with Crippen LogP contribution in [0.15, 0.2) is 41.5 Å². The van der Waals surface area contributed by atoms with E-state index in [1.165, 1.54) is 20.2 Å². The summed E-state index contributed by atoms with van der Waals surface area (Å²) >= 11 is 2.11. The zero-order chi connectivity index (χ0) is 20.5. The van der Waals surface area contributed by atoms with Crippen molar-refractivity contribution in [2.45, 2.75) is 6.92 Å². The topological polar surface area (TPSA) is 89.0 Å². The van der Waals surface area contributed by atoms with Crippen LogP contribution in [0, 0.1) is 15.9 Å². The summed E-state index contributed by atoms with van der Waals surface area (Å²) in [7, 11) is 1.53. The van der Waals surface area contributed by atoms with Crippen LogP contribution in [0.5, 0.6) is 11.5 Å². The predicted octanol–water partition coefficient (Wildman–Crippen LogP) is 3.03. The first-order valence-corrected chi connectivity index (χ1v) is 9.17. The van der Waals surface area contributed by atoms with Crippen LogP contribution in [0.1, 0.15) is 22.8 Å². The van der Waals surface area contributed by atoms with Gasteiger partial charge in [-0.2, -0.15) is 5.10 Å². The smallest absolute Gasteiger partial charge is 0.271 e. The Morgan fingerprint density at radius 3 is 2.61 bits per heavy atom. The number of hydrogen-bond donors (Lipinski definition) is 2. The molecule has 0 fully saturated rings. The van der Waals surface area contributed by atoms with Gasteiger partial charge in [-0.05, 0) is 64.6 Å². The van der Waals surface area contributed by atoms with Gasteiger partial charge in [-0.1, -0.05) is 5.92 Å². The fraction of sp³-hybridized carbons (Fsp3) is 0.150. The number of methoxy groups -OCH3 is 1. The van der Waals surface area contributed by atoms with Gasteiger partial charge in [-0.25, -0.2) is 5.43 Å². The third-order valence-corrected chi connectivity index (χ3v) is 4.20. The Morgan fingerprint density at radius 2 is 2.00 bits per heavy atom. The summed E-state index contributed by atoms with van der Waals surface area (Å²) in [5.41, 5.74) is 4.20. The van der Waals surface area contributed by atoms with E-state index in [4.69, 9.17) is 15.9 Å². The molecule has 0 radical (unpaired) electrons. The lowest BCUT2D eigenvalue weighted by molar-refractivity contribution is -0.114. The first-order chi connectivity index (χ1) is 13.4. The van der Waals surface area contributed by atoms with Crippen LogP contribution in [0.25, 0.3) is 0 Å². The molecule has 0 saturated carbocycles. The van der Waals surface area contributed by atoms with Gasteiger partial charge in [0.1, 0.15) is 6.61 Å². The van der Waals surface area contributed by atoms with E-state index < -0.39 is 0 Å². The number of halogens is 1. The lowest BCUT2D eigenvalue weighted by atomic mass is 10.2. The quantitative estimate of drug-likeness (QED) is 0.270. The molecule has 0 atom stereocenters. The number of carbonyl (C=O) groups is 2. The Hall–Kier alpha value is -3.06. The summed E-state index contributed by atoms with van der Waals surface area (Å²) in [6.45, 7) is 1.55. The largest absolute Gasteiger partial charge is 0.493 e. The van der Waals surface area contributed by atoms with Crippen LogP contribution in [0.2, 0.25) is 0 Å². The van der Waals surface area contributed by atoms with Crippen molar-refractivity contribution >= 4 is 46.3 Å². The van der Waals surface area contributed by atoms with Crippen molar-refractivity contribution in [3.63, 3.8) is 0 Å². The molecule has 0 aromatic heterocycles. The van der Waals surface area contributed by atoms with E-state index in [-0.39, 0.29) is 18.4 Å². The predicted molar refractivity (Wildman–Crippen MR) is 116 cm³/mol. The highest BCUT2D eigenvalue weighted by molar-refractivity contribution is 14.1. The molecule has 8 heteroatoms. The van der Waals surface area contributed by atoms with Gasteiger partial charge in [-0.3, -0.25) is 9.59 Å². The molecule has 2 rings (SSSR count). The maximum atomic E-state index is 12.2. The number of benzene rings is 2. The first-order valence-electron chi connectivity index (χ1n) is 8.09. The molecule has 144 valence electrons. The second-order valence-electron chi connectivity index (χ2n) is 5.48. The molecule has 2 N–H and O–H groups in total. The molecule has 0 heterocycles. The molecule has 0 unspecified atom stereocenters. The van der Waals surface area contributed by atoms with Crippen molar-refractivity contribution in [3.8, 4) is 23.8 Å². The molecule has 0 aliphatic rings. The average molecular weight is 491 g/mol. The van der Waals surface area contributed by atoms with Crippen LogP contribution in [-0.2, 0) is 4.79 Å². The zero-order valence-electron chi connectivity index (χ0n) is 15.3. The van der Waals surface area contributed by atoms with Gasteiger partial charge in [0, 0.05) is 18.2 Å². The Balaban J connectivity index is 2.05. The van der Waals surface area contributed by atoms with Gasteiger partial charge in [0.25, 0.3) is 5.91 Å². The van der Waals surface area contributed by atoms with Crippen LogP contribution in [-0.4, -0.2) is 31.7 Å². The Bertz CT molecular complexity index is 934. The van der Waals surface area contributed by atoms with Crippen LogP contribution in [0.3, 0.4) is 0 Å². The summed E-state index contributed by atoms with van der Waals surface area (Å²) in [6.07, 6.45) is 6.72. The average Bonchev–Trinajstić information content (AvgIpc) is 2.66. The van der Waals surface area contributed by atoms with E-state index in [1.807, 2.05) is 6.07 Å². The molecule has 0 saturated heterocycles. The molecule has 0 aliphatic carbocycles. The second-order valence-corrected chi connectivity index (χ2v) is 6.65. The Kier molecular flexibility index (Phi) is 7.83. The second kappa shape index (κ2) is 10.3. The van der Waals surface area contributed by atoms with Gasteiger partial charge in [0.2, 0.25) is 5.91 Å². The first kappa shape index (κ1) is 21.2. The van der Waals surface area contributed by atoms with E-state index in [0.717, 1.165) is 9.13 Å². The number of ether oxygens (including phenoxy) is 2. The maximum Gasteiger partial charge on any atom is 0.271 e. The minimum absolute atomic E-state index is 0.135.